The van der Waals surface area contributed by atoms with Crippen LogP contribution in [-0.4, -0.2) is 5.78 Å². The Bertz CT molecular complexity index is 1620. The molecule has 1 nitrogen and oxygen atoms in total. The third kappa shape index (κ3) is 2.15. The molecule has 0 N–H and O–H groups in total. The first kappa shape index (κ1) is 20.4. The number of hydrogen-bond donors (Lipinski definition) is 0. The number of carbonyl (C=O) groups is 1. The van der Waals surface area contributed by atoms with Crippen LogP contribution in [0.1, 0.15) is 41.5 Å². The average molecular weight is 477 g/mol. The van der Waals surface area contributed by atoms with Gasteiger partial charge in [0.1, 0.15) is 5.78 Å². The van der Waals surface area contributed by atoms with Crippen LogP contribution in [0.25, 0.3) is 21.5 Å². The quantitative estimate of drug-likeness (QED) is 0.187. The summed E-state index contributed by atoms with van der Waals surface area (Å²) in [7, 11) is 0. The van der Waals surface area contributed by atoms with Crippen LogP contribution < -0.4 is 0 Å². The molecular weight excluding hydrogens is 448 g/mol. The molecule has 2 unspecified atom stereocenters. The zero-order valence-electron chi connectivity index (χ0n) is 20.7. The topological polar surface area (TPSA) is 17.1 Å². The van der Waals surface area contributed by atoms with Crippen molar-refractivity contribution < 1.29 is 4.79 Å². The van der Waals surface area contributed by atoms with E-state index >= 15 is 0 Å². The number of ketones is 1. The molecule has 5 aromatic rings. The van der Waals surface area contributed by atoms with Gasteiger partial charge in [-0.05, 0) is 74.9 Å². The Labute approximate surface area is 217 Å². The van der Waals surface area contributed by atoms with E-state index < -0.39 is 0 Å². The zero-order chi connectivity index (χ0) is 24.4. The van der Waals surface area contributed by atoms with Gasteiger partial charge in [-0.2, -0.15) is 0 Å². The fraction of sp³-hybridized carbons (Fsp3) is 0.250. The summed E-state index contributed by atoms with van der Waals surface area (Å²) < 4.78 is 0. The second-order valence-corrected chi connectivity index (χ2v) is 11.9. The van der Waals surface area contributed by atoms with Gasteiger partial charge in [0.25, 0.3) is 0 Å². The maximum atomic E-state index is 13.9. The summed E-state index contributed by atoms with van der Waals surface area (Å²) in [5, 5.41) is 5.45. The van der Waals surface area contributed by atoms with Crippen LogP contribution in [0, 0.1) is 23.7 Å². The summed E-state index contributed by atoms with van der Waals surface area (Å²) in [5.41, 5.74) is 5.52. The number of carbonyl (C=O) groups excluding carboxylic acids is 1. The lowest BCUT2D eigenvalue weighted by Crippen LogP contribution is -2.43. The van der Waals surface area contributed by atoms with Crippen molar-refractivity contribution in [1.29, 1.82) is 0 Å². The molecule has 9 rings (SSSR count). The normalized spacial score (nSPS) is 32.8. The van der Waals surface area contributed by atoms with Crippen LogP contribution in [0.5, 0.6) is 0 Å². The maximum absolute atomic E-state index is 13.9. The minimum absolute atomic E-state index is 0.157. The maximum Gasteiger partial charge on any atom is 0.139 e. The fourth-order valence-corrected chi connectivity index (χ4v) is 10.0. The summed E-state index contributed by atoms with van der Waals surface area (Å²) in [4.78, 5) is 13.9. The predicted octanol–water partition coefficient (Wildman–Crippen LogP) is 7.82. The third-order valence-electron chi connectivity index (χ3n) is 10.9. The van der Waals surface area contributed by atoms with Gasteiger partial charge in [-0.15, -0.1) is 0 Å². The molecule has 0 saturated heterocycles. The van der Waals surface area contributed by atoms with E-state index in [1.54, 1.807) is 0 Å². The summed E-state index contributed by atoms with van der Waals surface area (Å²) in [6.07, 6.45) is 3.19. The number of benzene rings is 5. The van der Waals surface area contributed by atoms with Crippen LogP contribution >= 0.6 is 0 Å². The Morgan fingerprint density at radius 1 is 0.486 bits per heavy atom. The van der Waals surface area contributed by atoms with Gasteiger partial charge in [-0.25, -0.2) is 0 Å². The van der Waals surface area contributed by atoms with Gasteiger partial charge in [0.2, 0.25) is 0 Å². The lowest BCUT2D eigenvalue weighted by molar-refractivity contribution is -0.122. The Kier molecular flexibility index (Phi) is 3.73. The molecule has 0 aliphatic heterocycles. The smallest absolute Gasteiger partial charge is 0.139 e. The zero-order valence-corrected chi connectivity index (χ0v) is 20.7. The molecular formula is C36H28O. The number of hydrogen-bond acceptors (Lipinski definition) is 1. The van der Waals surface area contributed by atoms with Crippen molar-refractivity contribution in [3.63, 3.8) is 0 Å². The molecule has 0 aromatic heterocycles. The molecule has 178 valence electrons. The highest BCUT2D eigenvalue weighted by molar-refractivity contribution is 6.13. The van der Waals surface area contributed by atoms with Crippen LogP contribution in [0.3, 0.4) is 0 Å². The molecule has 0 spiro atoms. The van der Waals surface area contributed by atoms with E-state index in [9.17, 15) is 4.79 Å². The van der Waals surface area contributed by atoms with Gasteiger partial charge in [-0.3, -0.25) is 4.79 Å². The molecule has 1 heteroatoms. The van der Waals surface area contributed by atoms with Gasteiger partial charge >= 0.3 is 0 Å². The highest BCUT2D eigenvalue weighted by Crippen LogP contribution is 2.79. The van der Waals surface area contributed by atoms with E-state index in [-0.39, 0.29) is 22.7 Å². The Morgan fingerprint density at radius 3 is 1.30 bits per heavy atom. The van der Waals surface area contributed by atoms with E-state index in [1.165, 1.54) is 43.8 Å². The molecule has 4 bridgehead atoms. The summed E-state index contributed by atoms with van der Waals surface area (Å²) in [6.45, 7) is 0. The predicted molar refractivity (Wildman–Crippen MR) is 149 cm³/mol. The molecule has 5 aromatic carbocycles. The molecule has 3 saturated carbocycles. The second kappa shape index (κ2) is 6.78. The van der Waals surface area contributed by atoms with Crippen molar-refractivity contribution in [2.45, 2.75) is 30.1 Å². The SMILES string of the molecule is O=C1C2CCC1[C@H]1[C@@H]2[C@]2(c3ccccc3)C[C@]1(c1ccccc1)c1c2c2ccccc2c2ccccc12. The van der Waals surface area contributed by atoms with E-state index in [4.69, 9.17) is 0 Å². The Morgan fingerprint density at radius 2 is 0.865 bits per heavy atom. The lowest BCUT2D eigenvalue weighted by Gasteiger charge is -2.47. The highest BCUT2D eigenvalue weighted by atomic mass is 16.1. The molecule has 0 amide bonds. The number of Topliss-reactive ketones (excluding diaryl/α,β-unsaturated/α-hetero) is 1. The van der Waals surface area contributed by atoms with Crippen molar-refractivity contribution in [1.82, 2.24) is 0 Å². The monoisotopic (exact) mass is 476 g/mol. The molecule has 6 atom stereocenters. The summed E-state index contributed by atoms with van der Waals surface area (Å²) >= 11 is 0. The minimum atomic E-state index is -0.157. The van der Waals surface area contributed by atoms with Crippen molar-refractivity contribution in [3.05, 3.63) is 131 Å². The first-order valence-electron chi connectivity index (χ1n) is 13.9. The first-order valence-corrected chi connectivity index (χ1v) is 13.9. The van der Waals surface area contributed by atoms with Gasteiger partial charge in [0, 0.05) is 22.7 Å². The van der Waals surface area contributed by atoms with Crippen molar-refractivity contribution in [2.75, 3.05) is 0 Å². The summed E-state index contributed by atoms with van der Waals surface area (Å²) in [6, 6.07) is 40.6. The van der Waals surface area contributed by atoms with E-state index in [0.29, 0.717) is 17.6 Å². The molecule has 4 aliphatic rings. The van der Waals surface area contributed by atoms with Crippen LogP contribution in [0.15, 0.2) is 109 Å². The molecule has 0 radical (unpaired) electrons. The van der Waals surface area contributed by atoms with Gasteiger partial charge in [-0.1, -0.05) is 109 Å². The number of rotatable bonds is 2. The molecule has 4 aliphatic carbocycles. The third-order valence-corrected chi connectivity index (χ3v) is 10.9. The lowest BCUT2D eigenvalue weighted by atomic mass is 9.55. The van der Waals surface area contributed by atoms with Crippen molar-refractivity contribution in [2.24, 2.45) is 23.7 Å². The highest BCUT2D eigenvalue weighted by Gasteiger charge is 2.77. The minimum Gasteiger partial charge on any atom is -0.299 e. The molecule has 0 heterocycles. The van der Waals surface area contributed by atoms with E-state index in [0.717, 1.165) is 19.3 Å². The Hall–Kier alpha value is -3.71. The molecule has 37 heavy (non-hydrogen) atoms. The average Bonchev–Trinajstić information content (AvgIpc) is 3.68. The van der Waals surface area contributed by atoms with E-state index in [2.05, 4.69) is 109 Å². The second-order valence-electron chi connectivity index (χ2n) is 11.9. The van der Waals surface area contributed by atoms with Crippen LogP contribution in [0.2, 0.25) is 0 Å². The Balaban J connectivity index is 1.55. The first-order chi connectivity index (χ1) is 18.3. The standard InChI is InChI=1S/C36H28O/c37-34-28-19-20-29(34)33-32(28)35(22-11-3-1-4-12-22)21-36(33,23-13-5-2-6-14-23)31-27-18-10-8-16-25(27)24-15-7-9-17-26(24)30(31)35/h1-18,28-29,32-33H,19-21H2/t28?,29?,32-,33+,35-,36-/m0/s1. The van der Waals surface area contributed by atoms with Gasteiger partial charge in [0.05, 0.1) is 0 Å². The molecule has 3 fully saturated rings. The van der Waals surface area contributed by atoms with Gasteiger partial charge < -0.3 is 0 Å². The van der Waals surface area contributed by atoms with Gasteiger partial charge in [0.15, 0.2) is 0 Å². The van der Waals surface area contributed by atoms with Crippen LogP contribution in [-0.2, 0) is 15.6 Å². The summed E-state index contributed by atoms with van der Waals surface area (Å²) in [5.74, 6) is 1.63. The number of fused-ring (bicyclic) bond motifs is 17. The van der Waals surface area contributed by atoms with E-state index in [1.807, 2.05) is 0 Å². The fourth-order valence-electron chi connectivity index (χ4n) is 10.0. The largest absolute Gasteiger partial charge is 0.299 e. The van der Waals surface area contributed by atoms with Crippen molar-refractivity contribution in [3.8, 4) is 0 Å². The van der Waals surface area contributed by atoms with Crippen LogP contribution in [0.4, 0.5) is 0 Å². The van der Waals surface area contributed by atoms with Crippen molar-refractivity contribution >= 4 is 27.3 Å².